The largest absolute Gasteiger partial charge is 0.240 e. The van der Waals surface area contributed by atoms with E-state index in [0.717, 1.165) is 4.60 Å². The second-order valence-electron chi connectivity index (χ2n) is 2.92. The topological polar surface area (TPSA) is 17.3 Å². The van der Waals surface area contributed by atoms with E-state index >= 15 is 0 Å². The molecule has 2 aromatic rings. The van der Waals surface area contributed by atoms with E-state index in [0.29, 0.717) is 0 Å². The summed E-state index contributed by atoms with van der Waals surface area (Å²) in [5.41, 5.74) is 3.76. The standard InChI is InChI=1S/C9H9BrN2/c1-6-3-4-12-8(7(6)2)5-9(10)11-12/h3-5H,1-2H3. The van der Waals surface area contributed by atoms with Gasteiger partial charge in [-0.2, -0.15) is 5.10 Å². The molecule has 0 aliphatic rings. The maximum absolute atomic E-state index is 4.25. The quantitative estimate of drug-likeness (QED) is 0.673. The van der Waals surface area contributed by atoms with E-state index in [2.05, 4.69) is 40.9 Å². The predicted octanol–water partition coefficient (Wildman–Crippen LogP) is 2.71. The first kappa shape index (κ1) is 7.80. The van der Waals surface area contributed by atoms with Crippen molar-refractivity contribution in [3.63, 3.8) is 0 Å². The first-order valence-corrected chi connectivity index (χ1v) is 4.59. The summed E-state index contributed by atoms with van der Waals surface area (Å²) in [4.78, 5) is 0. The molecule has 0 spiro atoms. The van der Waals surface area contributed by atoms with Crippen molar-refractivity contribution in [1.29, 1.82) is 0 Å². The summed E-state index contributed by atoms with van der Waals surface area (Å²) >= 11 is 3.35. The molecule has 0 saturated carbocycles. The van der Waals surface area contributed by atoms with Crippen molar-refractivity contribution in [1.82, 2.24) is 9.61 Å². The van der Waals surface area contributed by atoms with Gasteiger partial charge in [-0.3, -0.25) is 0 Å². The van der Waals surface area contributed by atoms with Gasteiger partial charge in [0.15, 0.2) is 0 Å². The molecule has 3 heteroatoms. The SMILES string of the molecule is Cc1ccn2nc(Br)cc2c1C. The second-order valence-corrected chi connectivity index (χ2v) is 3.73. The fraction of sp³-hybridized carbons (Fsp3) is 0.222. The molecule has 2 aromatic heterocycles. The molecule has 2 nitrogen and oxygen atoms in total. The Balaban J connectivity index is 2.89. The lowest BCUT2D eigenvalue weighted by Crippen LogP contribution is -1.90. The van der Waals surface area contributed by atoms with Gasteiger partial charge in [0.25, 0.3) is 0 Å². The average Bonchev–Trinajstić information content (AvgIpc) is 2.39. The second kappa shape index (κ2) is 2.59. The number of halogens is 1. The van der Waals surface area contributed by atoms with E-state index in [1.165, 1.54) is 16.6 Å². The summed E-state index contributed by atoms with van der Waals surface area (Å²) in [6.07, 6.45) is 1.97. The zero-order chi connectivity index (χ0) is 8.72. The van der Waals surface area contributed by atoms with Crippen molar-refractivity contribution in [2.75, 3.05) is 0 Å². The third-order valence-electron chi connectivity index (χ3n) is 2.15. The fourth-order valence-corrected chi connectivity index (χ4v) is 1.66. The third kappa shape index (κ3) is 1.05. The Morgan fingerprint density at radius 2 is 2.17 bits per heavy atom. The molecular formula is C9H9BrN2. The molecule has 12 heavy (non-hydrogen) atoms. The fourth-order valence-electron chi connectivity index (χ4n) is 1.27. The van der Waals surface area contributed by atoms with Gasteiger partial charge >= 0.3 is 0 Å². The van der Waals surface area contributed by atoms with E-state index in [9.17, 15) is 0 Å². The van der Waals surface area contributed by atoms with E-state index in [-0.39, 0.29) is 0 Å². The highest BCUT2D eigenvalue weighted by molar-refractivity contribution is 9.10. The number of hydrogen-bond donors (Lipinski definition) is 0. The van der Waals surface area contributed by atoms with Crippen molar-refractivity contribution in [3.05, 3.63) is 34.1 Å². The number of aryl methyl sites for hydroxylation is 2. The first-order chi connectivity index (χ1) is 5.68. The van der Waals surface area contributed by atoms with Gasteiger partial charge in [-0.05, 0) is 53.0 Å². The van der Waals surface area contributed by atoms with Crippen LogP contribution in [0, 0.1) is 13.8 Å². The van der Waals surface area contributed by atoms with Crippen LogP contribution in [0.4, 0.5) is 0 Å². The van der Waals surface area contributed by atoms with Crippen LogP contribution in [0.25, 0.3) is 5.52 Å². The highest BCUT2D eigenvalue weighted by Crippen LogP contribution is 2.17. The van der Waals surface area contributed by atoms with Gasteiger partial charge in [0.1, 0.15) is 4.60 Å². The number of hydrogen-bond acceptors (Lipinski definition) is 1. The van der Waals surface area contributed by atoms with Gasteiger partial charge in [-0.25, -0.2) is 4.52 Å². The van der Waals surface area contributed by atoms with Gasteiger partial charge in [-0.15, -0.1) is 0 Å². The Hall–Kier alpha value is -0.830. The summed E-state index contributed by atoms with van der Waals surface area (Å²) in [6.45, 7) is 4.22. The van der Waals surface area contributed by atoms with Crippen molar-refractivity contribution in [3.8, 4) is 0 Å². The third-order valence-corrected chi connectivity index (χ3v) is 2.53. The van der Waals surface area contributed by atoms with Crippen LogP contribution >= 0.6 is 15.9 Å². The summed E-state index contributed by atoms with van der Waals surface area (Å²) in [5, 5.41) is 4.25. The normalized spacial score (nSPS) is 10.9. The van der Waals surface area contributed by atoms with Crippen LogP contribution in [-0.2, 0) is 0 Å². The average molecular weight is 225 g/mol. The van der Waals surface area contributed by atoms with Crippen LogP contribution in [0.15, 0.2) is 22.9 Å². The van der Waals surface area contributed by atoms with E-state index in [1.54, 1.807) is 0 Å². The monoisotopic (exact) mass is 224 g/mol. The van der Waals surface area contributed by atoms with Crippen molar-refractivity contribution >= 4 is 21.4 Å². The number of nitrogens with zero attached hydrogens (tertiary/aromatic N) is 2. The molecule has 62 valence electrons. The summed E-state index contributed by atoms with van der Waals surface area (Å²) in [6, 6.07) is 4.10. The molecule has 0 aliphatic heterocycles. The molecule has 0 amide bonds. The molecule has 0 bridgehead atoms. The van der Waals surface area contributed by atoms with Gasteiger partial charge in [0.05, 0.1) is 5.52 Å². The van der Waals surface area contributed by atoms with E-state index in [1.807, 2.05) is 16.8 Å². The lowest BCUT2D eigenvalue weighted by molar-refractivity contribution is 0.938. The number of rotatable bonds is 0. The molecule has 0 atom stereocenters. The van der Waals surface area contributed by atoms with Gasteiger partial charge < -0.3 is 0 Å². The van der Waals surface area contributed by atoms with Crippen LogP contribution in [-0.4, -0.2) is 9.61 Å². The van der Waals surface area contributed by atoms with Gasteiger partial charge in [-0.1, -0.05) is 0 Å². The summed E-state index contributed by atoms with van der Waals surface area (Å²) < 4.78 is 2.77. The lowest BCUT2D eigenvalue weighted by atomic mass is 10.1. The number of aromatic nitrogens is 2. The molecule has 0 saturated heterocycles. The highest BCUT2D eigenvalue weighted by atomic mass is 79.9. The molecule has 0 fully saturated rings. The minimum Gasteiger partial charge on any atom is -0.240 e. The molecule has 0 N–H and O–H groups in total. The highest BCUT2D eigenvalue weighted by Gasteiger charge is 2.02. The van der Waals surface area contributed by atoms with Crippen LogP contribution in [0.5, 0.6) is 0 Å². The van der Waals surface area contributed by atoms with E-state index < -0.39 is 0 Å². The Labute approximate surface area is 79.3 Å². The van der Waals surface area contributed by atoms with Crippen LogP contribution in [0.3, 0.4) is 0 Å². The number of pyridine rings is 1. The molecule has 2 rings (SSSR count). The van der Waals surface area contributed by atoms with Crippen molar-refractivity contribution < 1.29 is 0 Å². The first-order valence-electron chi connectivity index (χ1n) is 3.79. The summed E-state index contributed by atoms with van der Waals surface area (Å²) in [7, 11) is 0. The van der Waals surface area contributed by atoms with Crippen molar-refractivity contribution in [2.24, 2.45) is 0 Å². The molecule has 2 heterocycles. The van der Waals surface area contributed by atoms with Crippen LogP contribution in [0.2, 0.25) is 0 Å². The maximum Gasteiger partial charge on any atom is 0.129 e. The van der Waals surface area contributed by atoms with Gasteiger partial charge in [0, 0.05) is 6.20 Å². The zero-order valence-electron chi connectivity index (χ0n) is 7.00. The number of fused-ring (bicyclic) bond motifs is 1. The maximum atomic E-state index is 4.25. The lowest BCUT2D eigenvalue weighted by Gasteiger charge is -2.00. The molecular weight excluding hydrogens is 216 g/mol. The molecule has 0 aliphatic carbocycles. The summed E-state index contributed by atoms with van der Waals surface area (Å²) in [5.74, 6) is 0. The molecule has 0 unspecified atom stereocenters. The van der Waals surface area contributed by atoms with Crippen LogP contribution < -0.4 is 0 Å². The molecule has 0 radical (unpaired) electrons. The Kier molecular flexibility index (Phi) is 1.68. The van der Waals surface area contributed by atoms with Gasteiger partial charge in [0.2, 0.25) is 0 Å². The van der Waals surface area contributed by atoms with Crippen molar-refractivity contribution in [2.45, 2.75) is 13.8 Å². The van der Waals surface area contributed by atoms with E-state index in [4.69, 9.17) is 0 Å². The zero-order valence-corrected chi connectivity index (χ0v) is 8.59. The smallest absolute Gasteiger partial charge is 0.129 e. The minimum atomic E-state index is 0.885. The predicted molar refractivity (Wildman–Crippen MR) is 52.4 cm³/mol. The Morgan fingerprint density at radius 3 is 2.92 bits per heavy atom. The van der Waals surface area contributed by atoms with Crippen LogP contribution in [0.1, 0.15) is 11.1 Å². The Morgan fingerprint density at radius 1 is 1.42 bits per heavy atom. The Bertz CT molecular complexity index is 431. The minimum absolute atomic E-state index is 0.885. The molecule has 0 aromatic carbocycles.